The largest absolute Gasteiger partial charge is 0.338 e. The fraction of sp³-hybridized carbons (Fsp3) is 0.625. The number of aromatic nitrogens is 3. The molecule has 2 heterocycles. The van der Waals surface area contributed by atoms with Gasteiger partial charge in [-0.25, -0.2) is 0 Å². The normalized spacial score (nSPS) is 25.4. The Morgan fingerprint density at radius 1 is 1.22 bits per heavy atom. The van der Waals surface area contributed by atoms with E-state index in [0.717, 1.165) is 36.1 Å². The zero-order valence-corrected chi connectivity index (χ0v) is 21.5. The number of fused-ring (bicyclic) bond motifs is 2. The Kier molecular flexibility index (Phi) is 6.38. The topological polar surface area (TPSA) is 54.3 Å². The highest BCUT2D eigenvalue weighted by molar-refractivity contribution is 7.99. The summed E-state index contributed by atoms with van der Waals surface area (Å²) < 4.78 is 2.05. The minimum atomic E-state index is 0.0724. The van der Waals surface area contributed by atoms with Gasteiger partial charge in [0.1, 0.15) is 0 Å². The van der Waals surface area contributed by atoms with Gasteiger partial charge in [-0.15, -0.1) is 10.2 Å². The van der Waals surface area contributed by atoms with Crippen LogP contribution < -0.4 is 0 Å². The summed E-state index contributed by atoms with van der Waals surface area (Å²) in [5.74, 6) is 1.42. The van der Waals surface area contributed by atoms with Crippen molar-refractivity contribution in [2.75, 3.05) is 26.4 Å². The standard InChI is InChI=1S/C24H34ClN5OS/c1-16(28(5)6)21-26-27-22(30(21)18-9-7-17(25)8-10-18)32-13-20(31)29-15-24(4)12-19(29)11-23(2,3)14-24/h7-10,16,19H,11-15H2,1-6H3. The van der Waals surface area contributed by atoms with Crippen molar-refractivity contribution in [2.24, 2.45) is 10.8 Å². The van der Waals surface area contributed by atoms with Crippen LogP contribution in [0.5, 0.6) is 0 Å². The highest BCUT2D eigenvalue weighted by Gasteiger charge is 2.50. The van der Waals surface area contributed by atoms with Gasteiger partial charge in [-0.05, 0) is 75.4 Å². The van der Waals surface area contributed by atoms with E-state index >= 15 is 0 Å². The quantitative estimate of drug-likeness (QED) is 0.546. The van der Waals surface area contributed by atoms with Crippen LogP contribution in [-0.4, -0.2) is 62.9 Å². The zero-order chi connectivity index (χ0) is 23.3. The molecule has 1 saturated carbocycles. The number of halogens is 1. The third kappa shape index (κ3) is 4.70. The summed E-state index contributed by atoms with van der Waals surface area (Å²) in [7, 11) is 4.05. The third-order valence-electron chi connectivity index (χ3n) is 6.95. The van der Waals surface area contributed by atoms with E-state index in [4.69, 9.17) is 11.6 Å². The molecule has 1 saturated heterocycles. The highest BCUT2D eigenvalue weighted by Crippen LogP contribution is 2.52. The molecule has 3 unspecified atom stereocenters. The van der Waals surface area contributed by atoms with Crippen LogP contribution in [0.4, 0.5) is 0 Å². The first-order valence-electron chi connectivity index (χ1n) is 11.3. The van der Waals surface area contributed by atoms with Gasteiger partial charge in [0.2, 0.25) is 5.91 Å². The van der Waals surface area contributed by atoms with E-state index in [-0.39, 0.29) is 17.4 Å². The maximum absolute atomic E-state index is 13.3. The van der Waals surface area contributed by atoms with Crippen molar-refractivity contribution in [2.45, 2.75) is 64.2 Å². The molecule has 1 amide bonds. The van der Waals surface area contributed by atoms with E-state index in [9.17, 15) is 4.79 Å². The number of nitrogens with zero attached hydrogens (tertiary/aromatic N) is 5. The lowest BCUT2D eigenvalue weighted by atomic mass is 9.65. The van der Waals surface area contributed by atoms with Crippen LogP contribution in [0.25, 0.3) is 5.69 Å². The van der Waals surface area contributed by atoms with E-state index < -0.39 is 0 Å². The summed E-state index contributed by atoms with van der Waals surface area (Å²) in [6.45, 7) is 9.98. The number of amides is 1. The summed E-state index contributed by atoms with van der Waals surface area (Å²) in [6.07, 6.45) is 3.40. The predicted molar refractivity (Wildman–Crippen MR) is 130 cm³/mol. The molecule has 2 aliphatic rings. The number of likely N-dealkylation sites (tertiary alicyclic amines) is 1. The lowest BCUT2D eigenvalue weighted by Crippen LogP contribution is -2.38. The molecule has 1 aromatic heterocycles. The van der Waals surface area contributed by atoms with Gasteiger partial charge >= 0.3 is 0 Å². The lowest BCUT2D eigenvalue weighted by Gasteiger charge is -2.39. The van der Waals surface area contributed by atoms with Gasteiger partial charge in [0.15, 0.2) is 11.0 Å². The Labute approximate surface area is 200 Å². The molecule has 6 nitrogen and oxygen atoms in total. The molecule has 8 heteroatoms. The molecule has 1 aromatic carbocycles. The molecule has 3 atom stereocenters. The van der Waals surface area contributed by atoms with E-state index in [1.54, 1.807) is 0 Å². The Hall–Kier alpha value is -1.57. The van der Waals surface area contributed by atoms with Crippen LogP contribution in [0.3, 0.4) is 0 Å². The van der Waals surface area contributed by atoms with Crippen molar-refractivity contribution in [1.29, 1.82) is 0 Å². The second kappa shape index (κ2) is 8.65. The van der Waals surface area contributed by atoms with Crippen LogP contribution in [0.1, 0.15) is 58.8 Å². The van der Waals surface area contributed by atoms with Crippen molar-refractivity contribution in [3.63, 3.8) is 0 Å². The van der Waals surface area contributed by atoms with Gasteiger partial charge in [-0.2, -0.15) is 0 Å². The van der Waals surface area contributed by atoms with E-state index in [0.29, 0.717) is 22.2 Å². The molecular formula is C24H34ClN5OS. The maximum atomic E-state index is 13.3. The molecule has 4 rings (SSSR count). The molecule has 1 aliphatic carbocycles. The van der Waals surface area contributed by atoms with Crippen molar-refractivity contribution >= 4 is 29.3 Å². The first-order valence-corrected chi connectivity index (χ1v) is 12.6. The Bertz CT molecular complexity index is 989. The van der Waals surface area contributed by atoms with Crippen molar-refractivity contribution < 1.29 is 4.79 Å². The second-order valence-electron chi connectivity index (χ2n) is 10.8. The number of thioether (sulfide) groups is 1. The zero-order valence-electron chi connectivity index (χ0n) is 19.9. The van der Waals surface area contributed by atoms with Gasteiger partial charge in [0.05, 0.1) is 11.8 Å². The molecule has 1 aliphatic heterocycles. The first kappa shape index (κ1) is 23.6. The number of hydrogen-bond acceptors (Lipinski definition) is 5. The number of benzene rings is 1. The summed E-state index contributed by atoms with van der Waals surface area (Å²) in [5.41, 5.74) is 1.49. The van der Waals surface area contributed by atoms with Gasteiger partial charge < -0.3 is 4.90 Å². The minimum absolute atomic E-state index is 0.0724. The molecule has 0 spiro atoms. The van der Waals surface area contributed by atoms with Crippen molar-refractivity contribution in [3.8, 4) is 5.69 Å². The van der Waals surface area contributed by atoms with Crippen LogP contribution in [0.15, 0.2) is 29.4 Å². The SMILES string of the molecule is CC(c1nnc(SCC(=O)N2CC3(C)CC2CC(C)(C)C3)n1-c1ccc(Cl)cc1)N(C)C. The second-order valence-corrected chi connectivity index (χ2v) is 12.2. The summed E-state index contributed by atoms with van der Waals surface area (Å²) in [6, 6.07) is 8.10. The van der Waals surface area contributed by atoms with Gasteiger partial charge in [0.25, 0.3) is 0 Å². The number of carbonyl (C=O) groups excluding carboxylic acids is 1. The minimum Gasteiger partial charge on any atom is -0.338 e. The predicted octanol–water partition coefficient (Wildman–Crippen LogP) is 5.06. The first-order chi connectivity index (χ1) is 15.0. The fourth-order valence-corrected chi connectivity index (χ4v) is 6.64. The average molecular weight is 476 g/mol. The smallest absolute Gasteiger partial charge is 0.233 e. The van der Waals surface area contributed by atoms with Crippen LogP contribution in [0, 0.1) is 10.8 Å². The summed E-state index contributed by atoms with van der Waals surface area (Å²) >= 11 is 7.58. The molecule has 2 bridgehead atoms. The van der Waals surface area contributed by atoms with Crippen LogP contribution in [0.2, 0.25) is 5.02 Å². The Balaban J connectivity index is 1.55. The van der Waals surface area contributed by atoms with Crippen molar-refractivity contribution in [1.82, 2.24) is 24.6 Å². The molecule has 0 N–H and O–H groups in total. The Morgan fingerprint density at radius 2 is 1.91 bits per heavy atom. The Morgan fingerprint density at radius 3 is 2.56 bits per heavy atom. The average Bonchev–Trinajstić information content (AvgIpc) is 3.23. The fourth-order valence-electron chi connectivity index (χ4n) is 5.67. The van der Waals surface area contributed by atoms with Gasteiger partial charge in [0, 0.05) is 23.3 Å². The van der Waals surface area contributed by atoms with Gasteiger partial charge in [-0.3, -0.25) is 14.3 Å². The molecule has 174 valence electrons. The number of carbonyl (C=O) groups is 1. The monoisotopic (exact) mass is 475 g/mol. The maximum Gasteiger partial charge on any atom is 0.233 e. The third-order valence-corrected chi connectivity index (χ3v) is 8.12. The summed E-state index contributed by atoms with van der Waals surface area (Å²) in [5, 5.41) is 10.4. The van der Waals surface area contributed by atoms with Gasteiger partial charge in [-0.1, -0.05) is 44.1 Å². The van der Waals surface area contributed by atoms with Crippen LogP contribution >= 0.6 is 23.4 Å². The summed E-state index contributed by atoms with van der Waals surface area (Å²) in [4.78, 5) is 17.5. The van der Waals surface area contributed by atoms with E-state index in [1.807, 2.05) is 42.9 Å². The molecule has 0 radical (unpaired) electrons. The molecule has 2 aromatic rings. The molecule has 32 heavy (non-hydrogen) atoms. The van der Waals surface area contributed by atoms with E-state index in [2.05, 4.69) is 47.7 Å². The highest BCUT2D eigenvalue weighted by atomic mass is 35.5. The number of rotatable bonds is 6. The lowest BCUT2D eigenvalue weighted by molar-refractivity contribution is -0.129. The van der Waals surface area contributed by atoms with Crippen LogP contribution in [-0.2, 0) is 4.79 Å². The molecule has 2 fully saturated rings. The number of hydrogen-bond donors (Lipinski definition) is 0. The van der Waals surface area contributed by atoms with E-state index in [1.165, 1.54) is 18.2 Å². The van der Waals surface area contributed by atoms with Crippen molar-refractivity contribution in [3.05, 3.63) is 35.1 Å². The molecular weight excluding hydrogens is 442 g/mol.